The maximum Gasteiger partial charge on any atom is 0.251 e. The number of carbonyl (C=O) groups excluding carboxylic acids is 2. The minimum absolute atomic E-state index is 0.0701. The average molecular weight is 324 g/mol. The molecule has 6 heteroatoms. The molecule has 1 fully saturated rings. The van der Waals surface area contributed by atoms with Crippen molar-refractivity contribution in [3.63, 3.8) is 0 Å². The largest absolute Gasteiger partial charge is 0.349 e. The van der Waals surface area contributed by atoms with Gasteiger partial charge in [-0.25, -0.2) is 4.98 Å². The zero-order valence-electron chi connectivity index (χ0n) is 13.4. The van der Waals surface area contributed by atoms with Crippen molar-refractivity contribution in [2.24, 2.45) is 0 Å². The zero-order chi connectivity index (χ0) is 16.5. The van der Waals surface area contributed by atoms with E-state index in [2.05, 4.69) is 14.9 Å². The average Bonchev–Trinajstić information content (AvgIpc) is 3.23. The number of hydrogen-bond donors (Lipinski definition) is 1. The van der Waals surface area contributed by atoms with E-state index in [-0.39, 0.29) is 17.9 Å². The van der Waals surface area contributed by atoms with Crippen molar-refractivity contribution in [2.75, 3.05) is 11.4 Å². The van der Waals surface area contributed by atoms with Crippen LogP contribution in [0.4, 0.5) is 5.69 Å². The summed E-state index contributed by atoms with van der Waals surface area (Å²) in [6, 6.07) is 7.41. The molecule has 4 rings (SSSR count). The molecule has 0 radical (unpaired) electrons. The van der Waals surface area contributed by atoms with Gasteiger partial charge in [-0.3, -0.25) is 9.59 Å². The number of amides is 2. The lowest BCUT2D eigenvalue weighted by Gasteiger charge is -2.24. The highest BCUT2D eigenvalue weighted by molar-refractivity contribution is 5.97. The van der Waals surface area contributed by atoms with Crippen molar-refractivity contribution < 1.29 is 9.59 Å². The van der Waals surface area contributed by atoms with Crippen molar-refractivity contribution in [3.8, 4) is 0 Å². The number of rotatable bonds is 3. The van der Waals surface area contributed by atoms with E-state index in [9.17, 15) is 9.59 Å². The lowest BCUT2D eigenvalue weighted by molar-refractivity contribution is -0.117. The second-order valence-electron chi connectivity index (χ2n) is 6.40. The van der Waals surface area contributed by atoms with Crippen LogP contribution in [0.3, 0.4) is 0 Å². The number of carbonyl (C=O) groups is 2. The third kappa shape index (κ3) is 2.79. The Morgan fingerprint density at radius 1 is 1.21 bits per heavy atom. The van der Waals surface area contributed by atoms with Gasteiger partial charge in [-0.2, -0.15) is 0 Å². The summed E-state index contributed by atoms with van der Waals surface area (Å²) in [5.41, 5.74) is 1.49. The minimum Gasteiger partial charge on any atom is -0.349 e. The van der Waals surface area contributed by atoms with Crippen LogP contribution in [0, 0.1) is 0 Å². The Morgan fingerprint density at radius 2 is 2.04 bits per heavy atom. The molecular formula is C18H20N4O2. The van der Waals surface area contributed by atoms with Crippen LogP contribution >= 0.6 is 0 Å². The molecule has 1 saturated heterocycles. The highest BCUT2D eigenvalue weighted by Gasteiger charge is 2.23. The Balaban J connectivity index is 1.41. The molecule has 24 heavy (non-hydrogen) atoms. The summed E-state index contributed by atoms with van der Waals surface area (Å²) < 4.78 is 2.13. The summed E-state index contributed by atoms with van der Waals surface area (Å²) >= 11 is 0. The van der Waals surface area contributed by atoms with Gasteiger partial charge in [0.25, 0.3) is 5.91 Å². The van der Waals surface area contributed by atoms with E-state index in [1.807, 2.05) is 18.3 Å². The standard InChI is InChI=1S/C18H20N4O2/c23-17-2-1-9-22(17)15-5-3-13(4-6-15)18(24)20-14-7-10-21-11-8-19-16(21)12-14/h3-6,8,11,14H,1-2,7,9-10,12H2,(H,20,24). The minimum atomic E-state index is -0.0701. The van der Waals surface area contributed by atoms with Crippen molar-refractivity contribution in [1.82, 2.24) is 14.9 Å². The van der Waals surface area contributed by atoms with Gasteiger partial charge < -0.3 is 14.8 Å². The molecule has 1 aromatic heterocycles. The molecule has 1 atom stereocenters. The third-order valence-electron chi connectivity index (χ3n) is 4.80. The maximum atomic E-state index is 12.4. The van der Waals surface area contributed by atoms with Gasteiger partial charge in [0.1, 0.15) is 5.82 Å². The summed E-state index contributed by atoms with van der Waals surface area (Å²) in [5.74, 6) is 1.11. The predicted octanol–water partition coefficient (Wildman–Crippen LogP) is 1.75. The molecular weight excluding hydrogens is 304 g/mol. The quantitative estimate of drug-likeness (QED) is 0.935. The Bertz CT molecular complexity index is 766. The molecule has 0 spiro atoms. The first-order chi connectivity index (χ1) is 11.7. The highest BCUT2D eigenvalue weighted by atomic mass is 16.2. The number of aryl methyl sites for hydroxylation is 1. The van der Waals surface area contributed by atoms with Gasteiger partial charge in [0.2, 0.25) is 5.91 Å². The van der Waals surface area contributed by atoms with Gasteiger partial charge in [-0.15, -0.1) is 0 Å². The number of nitrogens with zero attached hydrogens (tertiary/aromatic N) is 3. The Morgan fingerprint density at radius 3 is 2.79 bits per heavy atom. The van der Waals surface area contributed by atoms with Gasteiger partial charge >= 0.3 is 0 Å². The topological polar surface area (TPSA) is 67.2 Å². The normalized spacial score (nSPS) is 20.1. The molecule has 1 aromatic carbocycles. The number of aromatic nitrogens is 2. The van der Waals surface area contributed by atoms with Crippen LogP contribution in [0.15, 0.2) is 36.7 Å². The molecule has 0 aliphatic carbocycles. The van der Waals surface area contributed by atoms with Crippen molar-refractivity contribution in [2.45, 2.75) is 38.3 Å². The number of nitrogens with one attached hydrogen (secondary N) is 1. The van der Waals surface area contributed by atoms with Crippen molar-refractivity contribution in [1.29, 1.82) is 0 Å². The van der Waals surface area contributed by atoms with E-state index in [1.54, 1.807) is 23.2 Å². The lowest BCUT2D eigenvalue weighted by Crippen LogP contribution is -2.40. The van der Waals surface area contributed by atoms with Gasteiger partial charge in [0.05, 0.1) is 0 Å². The fourth-order valence-electron chi connectivity index (χ4n) is 3.46. The Hall–Kier alpha value is -2.63. The SMILES string of the molecule is O=C(NC1CCn2ccnc2C1)c1ccc(N2CCCC2=O)cc1. The first-order valence-corrected chi connectivity index (χ1v) is 8.42. The van der Waals surface area contributed by atoms with Crippen LogP contribution in [0.2, 0.25) is 0 Å². The molecule has 1 N–H and O–H groups in total. The zero-order valence-corrected chi connectivity index (χ0v) is 13.4. The number of imidazole rings is 1. The second-order valence-corrected chi connectivity index (χ2v) is 6.40. The van der Waals surface area contributed by atoms with Crippen LogP contribution in [0.5, 0.6) is 0 Å². The summed E-state index contributed by atoms with van der Waals surface area (Å²) in [4.78, 5) is 30.3. The van der Waals surface area contributed by atoms with Gasteiger partial charge in [0, 0.05) is 55.6 Å². The molecule has 2 aliphatic rings. The van der Waals surface area contributed by atoms with E-state index in [4.69, 9.17) is 0 Å². The van der Waals surface area contributed by atoms with E-state index < -0.39 is 0 Å². The van der Waals surface area contributed by atoms with E-state index >= 15 is 0 Å². The number of hydrogen-bond acceptors (Lipinski definition) is 3. The predicted molar refractivity (Wildman–Crippen MR) is 89.8 cm³/mol. The first-order valence-electron chi connectivity index (χ1n) is 8.42. The van der Waals surface area contributed by atoms with Crippen molar-refractivity contribution in [3.05, 3.63) is 48.0 Å². The summed E-state index contributed by atoms with van der Waals surface area (Å²) in [5, 5.41) is 3.09. The Kier molecular flexibility index (Phi) is 3.80. The van der Waals surface area contributed by atoms with Crippen LogP contribution in [0.1, 0.15) is 35.4 Å². The highest BCUT2D eigenvalue weighted by Crippen LogP contribution is 2.22. The first kappa shape index (κ1) is 14.9. The van der Waals surface area contributed by atoms with E-state index in [0.717, 1.165) is 43.9 Å². The third-order valence-corrected chi connectivity index (χ3v) is 4.80. The van der Waals surface area contributed by atoms with Crippen LogP contribution in [0.25, 0.3) is 0 Å². The lowest BCUT2D eigenvalue weighted by atomic mass is 10.1. The fourth-order valence-corrected chi connectivity index (χ4v) is 3.46. The summed E-state index contributed by atoms with van der Waals surface area (Å²) in [6.45, 7) is 1.65. The molecule has 2 aliphatic heterocycles. The van der Waals surface area contributed by atoms with E-state index in [0.29, 0.717) is 12.0 Å². The van der Waals surface area contributed by atoms with Crippen LogP contribution in [-0.2, 0) is 17.8 Å². The molecule has 0 bridgehead atoms. The monoisotopic (exact) mass is 324 g/mol. The molecule has 3 heterocycles. The molecule has 1 unspecified atom stereocenters. The van der Waals surface area contributed by atoms with Gasteiger partial charge in [-0.05, 0) is 37.1 Å². The van der Waals surface area contributed by atoms with E-state index in [1.165, 1.54) is 0 Å². The second kappa shape index (κ2) is 6.11. The summed E-state index contributed by atoms with van der Waals surface area (Å²) in [6.07, 6.45) is 6.97. The van der Waals surface area contributed by atoms with Crippen molar-refractivity contribution >= 4 is 17.5 Å². The number of anilines is 1. The van der Waals surface area contributed by atoms with Crippen LogP contribution in [-0.4, -0.2) is 34.0 Å². The smallest absolute Gasteiger partial charge is 0.251 e. The van der Waals surface area contributed by atoms with Gasteiger partial charge in [-0.1, -0.05) is 0 Å². The number of benzene rings is 1. The molecule has 2 aromatic rings. The molecule has 2 amide bonds. The summed E-state index contributed by atoms with van der Waals surface area (Å²) in [7, 11) is 0. The Labute approximate surface area is 140 Å². The number of fused-ring (bicyclic) bond motifs is 1. The maximum absolute atomic E-state index is 12.4. The fraction of sp³-hybridized carbons (Fsp3) is 0.389. The van der Waals surface area contributed by atoms with Gasteiger partial charge in [0.15, 0.2) is 0 Å². The van der Waals surface area contributed by atoms with Crippen LogP contribution < -0.4 is 10.2 Å². The molecule has 124 valence electrons. The molecule has 0 saturated carbocycles. The molecule has 6 nitrogen and oxygen atoms in total.